The van der Waals surface area contributed by atoms with Gasteiger partial charge >= 0.3 is 0 Å². The molecule has 0 aliphatic rings. The van der Waals surface area contributed by atoms with Gasteiger partial charge in [0.25, 0.3) is 0 Å². The van der Waals surface area contributed by atoms with Crippen LogP contribution in [0.2, 0.25) is 0 Å². The van der Waals surface area contributed by atoms with Gasteiger partial charge in [0.05, 0.1) is 6.54 Å². The Bertz CT molecular complexity index is 209. The summed E-state index contributed by atoms with van der Waals surface area (Å²) in [7, 11) is 0. The molecule has 2 nitrogen and oxygen atoms in total. The Morgan fingerprint density at radius 3 is 3.00 bits per heavy atom. The van der Waals surface area contributed by atoms with Crippen molar-refractivity contribution < 1.29 is 0 Å². The normalized spacial score (nSPS) is 13.5. The van der Waals surface area contributed by atoms with Crippen LogP contribution >= 0.6 is 27.5 Å². The van der Waals surface area contributed by atoms with E-state index in [9.17, 15) is 0 Å². The first-order valence-corrected chi connectivity index (χ1v) is 4.32. The van der Waals surface area contributed by atoms with Crippen molar-refractivity contribution >= 4 is 27.5 Å². The minimum atomic E-state index is -0.0360. The summed E-state index contributed by atoms with van der Waals surface area (Å²) in [6, 6.07) is 1.95. The van der Waals surface area contributed by atoms with Crippen molar-refractivity contribution in [2.75, 3.05) is 0 Å². The molecule has 10 heavy (non-hydrogen) atoms. The molecule has 1 aromatic rings. The first-order chi connectivity index (χ1) is 4.70. The maximum atomic E-state index is 5.70. The average molecular weight is 224 g/mol. The highest BCUT2D eigenvalue weighted by Crippen LogP contribution is 2.08. The van der Waals surface area contributed by atoms with Gasteiger partial charge in [-0.3, -0.25) is 4.68 Å². The van der Waals surface area contributed by atoms with Crippen LogP contribution in [0.1, 0.15) is 5.69 Å². The molecule has 1 rings (SSSR count). The summed E-state index contributed by atoms with van der Waals surface area (Å²) in [6.07, 6.45) is 1.77. The number of hydrogen-bond donors (Lipinski definition) is 0. The van der Waals surface area contributed by atoms with Gasteiger partial charge in [0, 0.05) is 11.9 Å². The fourth-order valence-electron chi connectivity index (χ4n) is 0.721. The first kappa shape index (κ1) is 8.08. The molecular weight excluding hydrogens is 215 g/mol. The van der Waals surface area contributed by atoms with E-state index in [-0.39, 0.29) is 4.29 Å². The lowest BCUT2D eigenvalue weighted by Gasteiger charge is -2.03. The summed E-state index contributed by atoms with van der Waals surface area (Å²) in [6.45, 7) is 2.71. The highest BCUT2D eigenvalue weighted by Gasteiger charge is 2.01. The quantitative estimate of drug-likeness (QED) is 0.703. The molecule has 0 aliphatic heterocycles. The van der Waals surface area contributed by atoms with Crippen LogP contribution in [0.5, 0.6) is 0 Å². The summed E-state index contributed by atoms with van der Waals surface area (Å²) in [5.41, 5.74) is 1.13. The molecular formula is C6H8BrClN2. The summed E-state index contributed by atoms with van der Waals surface area (Å²) < 4.78 is 1.82. The Labute approximate surface area is 73.3 Å². The summed E-state index contributed by atoms with van der Waals surface area (Å²) in [4.78, 5) is 0. The van der Waals surface area contributed by atoms with Crippen molar-refractivity contribution in [3.8, 4) is 0 Å². The Kier molecular flexibility index (Phi) is 2.74. The zero-order valence-electron chi connectivity index (χ0n) is 5.59. The van der Waals surface area contributed by atoms with Gasteiger partial charge in [-0.1, -0.05) is 15.9 Å². The number of aromatic nitrogens is 2. The van der Waals surface area contributed by atoms with Crippen LogP contribution in [-0.2, 0) is 6.54 Å². The highest BCUT2D eigenvalue weighted by atomic mass is 79.9. The number of alkyl halides is 2. The van der Waals surface area contributed by atoms with Crippen molar-refractivity contribution in [1.82, 2.24) is 9.78 Å². The fourth-order valence-corrected chi connectivity index (χ4v) is 1.13. The van der Waals surface area contributed by atoms with Crippen molar-refractivity contribution in [2.24, 2.45) is 0 Å². The topological polar surface area (TPSA) is 17.8 Å². The molecule has 0 amide bonds. The number of aryl methyl sites for hydroxylation is 1. The molecule has 0 aliphatic carbocycles. The molecule has 0 radical (unpaired) electrons. The third kappa shape index (κ3) is 1.99. The van der Waals surface area contributed by atoms with Crippen LogP contribution in [0.15, 0.2) is 12.3 Å². The second-order valence-electron chi connectivity index (χ2n) is 2.05. The standard InChI is InChI=1S/C6H8BrClN2/c1-5-2-3-9-10(5)4-6(7)8/h2-3,6H,4H2,1H3. The summed E-state index contributed by atoms with van der Waals surface area (Å²) in [5, 5.41) is 4.06. The smallest absolute Gasteiger partial charge is 0.108 e. The van der Waals surface area contributed by atoms with Gasteiger partial charge in [-0.15, -0.1) is 11.6 Å². The second-order valence-corrected chi connectivity index (χ2v) is 4.21. The molecule has 1 atom stereocenters. The van der Waals surface area contributed by atoms with Crippen molar-refractivity contribution in [2.45, 2.75) is 17.8 Å². The van der Waals surface area contributed by atoms with Gasteiger partial charge in [0.15, 0.2) is 0 Å². The molecule has 0 saturated carbocycles. The van der Waals surface area contributed by atoms with Gasteiger partial charge in [-0.25, -0.2) is 0 Å². The zero-order valence-corrected chi connectivity index (χ0v) is 7.93. The Morgan fingerprint density at radius 1 is 1.90 bits per heavy atom. The molecule has 1 heterocycles. The number of nitrogens with zero attached hydrogens (tertiary/aromatic N) is 2. The van der Waals surface area contributed by atoms with E-state index in [2.05, 4.69) is 21.0 Å². The molecule has 1 unspecified atom stereocenters. The predicted molar refractivity (Wildman–Crippen MR) is 45.5 cm³/mol. The molecule has 0 saturated heterocycles. The van der Waals surface area contributed by atoms with E-state index in [1.807, 2.05) is 17.7 Å². The maximum Gasteiger partial charge on any atom is 0.108 e. The van der Waals surface area contributed by atoms with Gasteiger partial charge in [0.2, 0.25) is 0 Å². The van der Waals surface area contributed by atoms with E-state index < -0.39 is 0 Å². The van der Waals surface area contributed by atoms with E-state index in [4.69, 9.17) is 11.6 Å². The van der Waals surface area contributed by atoms with Crippen LogP contribution < -0.4 is 0 Å². The lowest BCUT2D eigenvalue weighted by Crippen LogP contribution is -2.07. The molecule has 1 aromatic heterocycles. The lowest BCUT2D eigenvalue weighted by molar-refractivity contribution is 0.633. The monoisotopic (exact) mass is 222 g/mol. The van der Waals surface area contributed by atoms with E-state index in [0.29, 0.717) is 6.54 Å². The average Bonchev–Trinajstić information content (AvgIpc) is 2.15. The molecule has 4 heteroatoms. The Morgan fingerprint density at radius 2 is 2.60 bits per heavy atom. The largest absolute Gasteiger partial charge is 0.268 e. The summed E-state index contributed by atoms with van der Waals surface area (Å²) in [5.74, 6) is 0. The maximum absolute atomic E-state index is 5.70. The first-order valence-electron chi connectivity index (χ1n) is 2.96. The Balaban J connectivity index is 2.65. The highest BCUT2D eigenvalue weighted by molar-refractivity contribution is 9.10. The summed E-state index contributed by atoms with van der Waals surface area (Å²) >= 11 is 8.93. The number of hydrogen-bond acceptors (Lipinski definition) is 1. The number of rotatable bonds is 2. The lowest BCUT2D eigenvalue weighted by atomic mass is 10.5. The van der Waals surface area contributed by atoms with E-state index >= 15 is 0 Å². The van der Waals surface area contributed by atoms with Crippen LogP contribution in [0.25, 0.3) is 0 Å². The van der Waals surface area contributed by atoms with Gasteiger partial charge < -0.3 is 0 Å². The number of halogens is 2. The van der Waals surface area contributed by atoms with E-state index in [0.717, 1.165) is 5.69 Å². The minimum absolute atomic E-state index is 0.0360. The van der Waals surface area contributed by atoms with Gasteiger partial charge in [-0.2, -0.15) is 5.10 Å². The van der Waals surface area contributed by atoms with Gasteiger partial charge in [0.1, 0.15) is 4.29 Å². The molecule has 0 aromatic carbocycles. The van der Waals surface area contributed by atoms with Crippen LogP contribution in [0, 0.1) is 6.92 Å². The SMILES string of the molecule is Cc1ccnn1CC(Cl)Br. The van der Waals surface area contributed by atoms with Crippen LogP contribution in [0.4, 0.5) is 0 Å². The second kappa shape index (κ2) is 3.39. The molecule has 0 bridgehead atoms. The molecule has 0 spiro atoms. The fraction of sp³-hybridized carbons (Fsp3) is 0.500. The molecule has 56 valence electrons. The predicted octanol–water partition coefficient (Wildman–Crippen LogP) is 2.15. The Hall–Kier alpha value is -0.0200. The molecule has 0 fully saturated rings. The molecule has 0 N–H and O–H groups in total. The van der Waals surface area contributed by atoms with Crippen molar-refractivity contribution in [1.29, 1.82) is 0 Å². The van der Waals surface area contributed by atoms with E-state index in [1.165, 1.54) is 0 Å². The third-order valence-electron chi connectivity index (χ3n) is 1.24. The van der Waals surface area contributed by atoms with Crippen LogP contribution in [-0.4, -0.2) is 14.1 Å². The van der Waals surface area contributed by atoms with Gasteiger partial charge in [-0.05, 0) is 13.0 Å². The zero-order chi connectivity index (χ0) is 7.56. The minimum Gasteiger partial charge on any atom is -0.268 e. The third-order valence-corrected chi connectivity index (χ3v) is 1.67. The van der Waals surface area contributed by atoms with Crippen LogP contribution in [0.3, 0.4) is 0 Å². The van der Waals surface area contributed by atoms with E-state index in [1.54, 1.807) is 6.20 Å². The van der Waals surface area contributed by atoms with Crippen molar-refractivity contribution in [3.63, 3.8) is 0 Å². The van der Waals surface area contributed by atoms with Crippen molar-refractivity contribution in [3.05, 3.63) is 18.0 Å².